The van der Waals surface area contributed by atoms with Gasteiger partial charge in [-0.05, 0) is 43.3 Å². The molecule has 3 nitrogen and oxygen atoms in total. The predicted octanol–water partition coefficient (Wildman–Crippen LogP) is 4.88. The Bertz CT molecular complexity index is 558. The Kier molecular flexibility index (Phi) is 9.25. The van der Waals surface area contributed by atoms with Crippen LogP contribution in [0.1, 0.15) is 53.4 Å². The number of carbonyl (C=O) groups is 1. The number of allylic oxidation sites excluding steroid dienone is 6. The average molecular weight is 349 g/mol. The maximum atomic E-state index is 12.8. The second-order valence-corrected chi connectivity index (χ2v) is 6.83. The molecule has 140 valence electrons. The van der Waals surface area contributed by atoms with Gasteiger partial charge < -0.3 is 10.6 Å². The molecule has 0 bridgehead atoms. The van der Waals surface area contributed by atoms with E-state index >= 15 is 0 Å². The number of carbonyl (C=O) groups excluding carboxylic acids is 1. The van der Waals surface area contributed by atoms with E-state index < -0.39 is 0 Å². The Morgan fingerprint density at radius 2 is 2.20 bits per heavy atom. The summed E-state index contributed by atoms with van der Waals surface area (Å²) in [5, 5.41) is 0. The second-order valence-electron chi connectivity index (χ2n) is 6.83. The van der Waals surface area contributed by atoms with E-state index in [1.54, 1.807) is 11.0 Å². The van der Waals surface area contributed by atoms with Crippen molar-refractivity contribution in [2.45, 2.75) is 53.4 Å². The summed E-state index contributed by atoms with van der Waals surface area (Å²) in [6.07, 6.45) is 12.3. The largest absolute Gasteiger partial charge is 0.399 e. The SMILES string of the molecule is C/C=C(\C(=C/CCC)N(C=O)CCC1=CC[C@H](CF)C=C1N)C(C)C. The number of nitrogens with zero attached hydrogens (tertiary/aromatic N) is 1. The molecule has 1 atom stereocenters. The first-order valence-corrected chi connectivity index (χ1v) is 9.29. The molecule has 0 saturated carbocycles. The third kappa shape index (κ3) is 6.18. The van der Waals surface area contributed by atoms with Gasteiger partial charge in [-0.2, -0.15) is 0 Å². The number of hydrogen-bond acceptors (Lipinski definition) is 2. The van der Waals surface area contributed by atoms with Gasteiger partial charge in [0.1, 0.15) is 0 Å². The van der Waals surface area contributed by atoms with E-state index in [4.69, 9.17) is 5.73 Å². The van der Waals surface area contributed by atoms with Crippen LogP contribution in [0.3, 0.4) is 0 Å². The van der Waals surface area contributed by atoms with Crippen LogP contribution in [0.4, 0.5) is 4.39 Å². The van der Waals surface area contributed by atoms with Crippen molar-refractivity contribution in [2.75, 3.05) is 13.2 Å². The maximum Gasteiger partial charge on any atom is 0.214 e. The highest BCUT2D eigenvalue weighted by Crippen LogP contribution is 2.26. The molecular formula is C21H33FN2O. The van der Waals surface area contributed by atoms with E-state index in [0.717, 1.165) is 30.5 Å². The summed E-state index contributed by atoms with van der Waals surface area (Å²) >= 11 is 0. The zero-order valence-corrected chi connectivity index (χ0v) is 16.1. The van der Waals surface area contributed by atoms with Crippen molar-refractivity contribution >= 4 is 6.41 Å². The van der Waals surface area contributed by atoms with Crippen molar-refractivity contribution in [1.82, 2.24) is 4.90 Å². The van der Waals surface area contributed by atoms with Gasteiger partial charge in [-0.1, -0.05) is 51.5 Å². The normalized spacial score (nSPS) is 18.9. The number of halogens is 1. The van der Waals surface area contributed by atoms with Crippen LogP contribution in [0.2, 0.25) is 0 Å². The molecule has 0 aromatic heterocycles. The monoisotopic (exact) mass is 348 g/mol. The number of unbranched alkanes of at least 4 members (excludes halogenated alkanes) is 1. The van der Waals surface area contributed by atoms with Crippen LogP contribution in [0.15, 0.2) is 46.8 Å². The molecule has 0 saturated heterocycles. The number of amides is 1. The minimum absolute atomic E-state index is 0.110. The molecular weight excluding hydrogens is 315 g/mol. The number of hydrogen-bond donors (Lipinski definition) is 1. The molecule has 4 heteroatoms. The maximum absolute atomic E-state index is 12.8. The van der Waals surface area contributed by atoms with Gasteiger partial charge in [0.2, 0.25) is 6.41 Å². The van der Waals surface area contributed by atoms with E-state index in [1.165, 1.54) is 5.57 Å². The van der Waals surface area contributed by atoms with E-state index in [2.05, 4.69) is 32.9 Å². The number of nitrogens with two attached hydrogens (primary N) is 1. The van der Waals surface area contributed by atoms with Gasteiger partial charge in [-0.25, -0.2) is 0 Å². The quantitative estimate of drug-likeness (QED) is 0.452. The summed E-state index contributed by atoms with van der Waals surface area (Å²) in [4.78, 5) is 13.5. The summed E-state index contributed by atoms with van der Waals surface area (Å²) in [7, 11) is 0. The van der Waals surface area contributed by atoms with Gasteiger partial charge in [0.05, 0.1) is 6.67 Å². The predicted molar refractivity (Wildman–Crippen MR) is 103 cm³/mol. The van der Waals surface area contributed by atoms with Crippen molar-refractivity contribution in [3.05, 3.63) is 46.8 Å². The zero-order valence-electron chi connectivity index (χ0n) is 16.1. The van der Waals surface area contributed by atoms with Gasteiger partial charge in [0, 0.05) is 23.9 Å². The molecule has 0 aromatic carbocycles. The fourth-order valence-electron chi connectivity index (χ4n) is 3.12. The average Bonchev–Trinajstić information content (AvgIpc) is 2.60. The van der Waals surface area contributed by atoms with E-state index in [0.29, 0.717) is 31.0 Å². The lowest BCUT2D eigenvalue weighted by atomic mass is 9.93. The molecule has 0 spiro atoms. The number of alkyl halides is 1. The van der Waals surface area contributed by atoms with Gasteiger partial charge >= 0.3 is 0 Å². The van der Waals surface area contributed by atoms with Gasteiger partial charge in [-0.3, -0.25) is 9.18 Å². The molecule has 0 aromatic rings. The summed E-state index contributed by atoms with van der Waals surface area (Å²) in [5.41, 5.74) is 9.89. The van der Waals surface area contributed by atoms with E-state index in [9.17, 15) is 9.18 Å². The molecule has 1 aliphatic rings. The highest BCUT2D eigenvalue weighted by atomic mass is 19.1. The van der Waals surface area contributed by atoms with Crippen LogP contribution in [0.25, 0.3) is 0 Å². The van der Waals surface area contributed by atoms with E-state index in [1.807, 2.05) is 13.0 Å². The Morgan fingerprint density at radius 3 is 2.68 bits per heavy atom. The summed E-state index contributed by atoms with van der Waals surface area (Å²) in [6, 6.07) is 0. The highest BCUT2D eigenvalue weighted by molar-refractivity contribution is 5.55. The van der Waals surface area contributed by atoms with Gasteiger partial charge in [0.15, 0.2) is 0 Å². The minimum atomic E-state index is -0.381. The van der Waals surface area contributed by atoms with Crippen molar-refractivity contribution in [3.8, 4) is 0 Å². The van der Waals surface area contributed by atoms with Crippen LogP contribution in [0.5, 0.6) is 0 Å². The van der Waals surface area contributed by atoms with Crippen LogP contribution < -0.4 is 5.73 Å². The molecule has 1 rings (SSSR count). The molecule has 0 fully saturated rings. The lowest BCUT2D eigenvalue weighted by Crippen LogP contribution is -2.26. The lowest BCUT2D eigenvalue weighted by Gasteiger charge is -2.27. The zero-order chi connectivity index (χ0) is 18.8. The second kappa shape index (κ2) is 10.9. The van der Waals surface area contributed by atoms with Crippen LogP contribution in [0, 0.1) is 11.8 Å². The molecule has 0 unspecified atom stereocenters. The Hall–Kier alpha value is -1.84. The highest BCUT2D eigenvalue weighted by Gasteiger charge is 2.18. The molecule has 1 amide bonds. The molecule has 2 N–H and O–H groups in total. The Labute approximate surface area is 152 Å². The summed E-state index contributed by atoms with van der Waals surface area (Å²) in [5.74, 6) is 0.237. The first kappa shape index (κ1) is 21.2. The van der Waals surface area contributed by atoms with Gasteiger partial charge in [-0.15, -0.1) is 0 Å². The van der Waals surface area contributed by atoms with Crippen molar-refractivity contribution < 1.29 is 9.18 Å². The third-order valence-corrected chi connectivity index (χ3v) is 4.57. The topological polar surface area (TPSA) is 46.3 Å². The molecule has 0 aliphatic heterocycles. The van der Waals surface area contributed by atoms with E-state index in [-0.39, 0.29) is 12.6 Å². The van der Waals surface area contributed by atoms with Crippen molar-refractivity contribution in [1.29, 1.82) is 0 Å². The van der Waals surface area contributed by atoms with Crippen molar-refractivity contribution in [3.63, 3.8) is 0 Å². The molecule has 25 heavy (non-hydrogen) atoms. The smallest absolute Gasteiger partial charge is 0.214 e. The lowest BCUT2D eigenvalue weighted by molar-refractivity contribution is -0.116. The number of rotatable bonds is 10. The van der Waals surface area contributed by atoms with Crippen LogP contribution in [-0.4, -0.2) is 24.5 Å². The van der Waals surface area contributed by atoms with Crippen molar-refractivity contribution in [2.24, 2.45) is 17.6 Å². The Balaban J connectivity index is 2.90. The van der Waals surface area contributed by atoms with Crippen LogP contribution >= 0.6 is 0 Å². The third-order valence-electron chi connectivity index (χ3n) is 4.57. The molecule has 0 heterocycles. The minimum Gasteiger partial charge on any atom is -0.399 e. The first-order valence-electron chi connectivity index (χ1n) is 9.29. The first-order chi connectivity index (χ1) is 12.0. The van der Waals surface area contributed by atoms with Crippen LogP contribution in [-0.2, 0) is 4.79 Å². The summed E-state index contributed by atoms with van der Waals surface area (Å²) in [6.45, 7) is 8.61. The Morgan fingerprint density at radius 1 is 1.48 bits per heavy atom. The molecule has 0 radical (unpaired) electrons. The standard InChI is InChI=1S/C21H33FN2O/c1-5-7-8-21(19(6-2)16(3)4)24(15-25)12-11-18-10-9-17(14-22)13-20(18)23/h6,8,10,13,15-17H,5,7,9,11-12,14,23H2,1-4H3/b19-6-,21-8+/t17-/m0/s1. The molecule has 1 aliphatic carbocycles. The fraction of sp³-hybridized carbons (Fsp3) is 0.571. The summed E-state index contributed by atoms with van der Waals surface area (Å²) < 4.78 is 12.8. The fourth-order valence-corrected chi connectivity index (χ4v) is 3.12. The van der Waals surface area contributed by atoms with Gasteiger partial charge in [0.25, 0.3) is 0 Å².